The number of aromatic nitrogens is 5. The van der Waals surface area contributed by atoms with Crippen molar-refractivity contribution in [3.05, 3.63) is 64.2 Å². The molecule has 0 bridgehead atoms. The molecule has 0 aliphatic carbocycles. The van der Waals surface area contributed by atoms with Crippen molar-refractivity contribution in [3.63, 3.8) is 0 Å². The molecule has 4 rings (SSSR count). The summed E-state index contributed by atoms with van der Waals surface area (Å²) in [6, 6.07) is 9.70. The van der Waals surface area contributed by atoms with Crippen LogP contribution in [-0.4, -0.2) is 37.3 Å². The number of esters is 1. The van der Waals surface area contributed by atoms with E-state index < -0.39 is 5.97 Å². The molecule has 0 unspecified atom stereocenters. The summed E-state index contributed by atoms with van der Waals surface area (Å²) in [5.41, 5.74) is 3.91. The molecular weight excluding hydrogens is 416 g/mol. The number of anilines is 2. The van der Waals surface area contributed by atoms with Crippen molar-refractivity contribution < 1.29 is 9.53 Å². The van der Waals surface area contributed by atoms with Crippen molar-refractivity contribution in [2.45, 2.75) is 27.7 Å². The molecule has 158 valence electrons. The van der Waals surface area contributed by atoms with Crippen molar-refractivity contribution in [2.24, 2.45) is 0 Å². The van der Waals surface area contributed by atoms with Crippen molar-refractivity contribution in [3.8, 4) is 5.82 Å². The largest absolute Gasteiger partial charge is 0.462 e. The van der Waals surface area contributed by atoms with Gasteiger partial charge in [-0.05, 0) is 56.5 Å². The second-order valence-corrected chi connectivity index (χ2v) is 7.43. The van der Waals surface area contributed by atoms with Gasteiger partial charge in [0.25, 0.3) is 0 Å². The van der Waals surface area contributed by atoms with Gasteiger partial charge < -0.3 is 10.1 Å². The van der Waals surface area contributed by atoms with E-state index in [9.17, 15) is 4.79 Å². The third-order valence-electron chi connectivity index (χ3n) is 4.79. The molecule has 4 aromatic rings. The normalized spacial score (nSPS) is 11.0. The lowest BCUT2D eigenvalue weighted by Crippen LogP contribution is -2.11. The predicted molar refractivity (Wildman–Crippen MR) is 119 cm³/mol. The molecule has 0 fully saturated rings. The maximum absolute atomic E-state index is 12.6. The van der Waals surface area contributed by atoms with E-state index >= 15 is 0 Å². The first-order valence-corrected chi connectivity index (χ1v) is 10.2. The average Bonchev–Trinajstić information content (AvgIpc) is 3.11. The minimum absolute atomic E-state index is 0.0987. The molecule has 0 saturated carbocycles. The molecule has 3 aromatic heterocycles. The molecule has 1 aromatic carbocycles. The highest BCUT2D eigenvalue weighted by molar-refractivity contribution is 6.28. The molecule has 31 heavy (non-hydrogen) atoms. The number of nitrogens with zero attached hydrogens (tertiary/aromatic N) is 5. The van der Waals surface area contributed by atoms with Gasteiger partial charge >= 0.3 is 5.97 Å². The summed E-state index contributed by atoms with van der Waals surface area (Å²) < 4.78 is 6.77. The van der Waals surface area contributed by atoms with Crippen LogP contribution >= 0.6 is 11.6 Å². The van der Waals surface area contributed by atoms with Crippen LogP contribution in [0.25, 0.3) is 16.7 Å². The number of hydrogen-bond acceptors (Lipinski definition) is 7. The zero-order valence-electron chi connectivity index (χ0n) is 17.6. The quantitative estimate of drug-likeness (QED) is 0.357. The van der Waals surface area contributed by atoms with Crippen LogP contribution in [0, 0.1) is 20.8 Å². The lowest BCUT2D eigenvalue weighted by atomic mass is 10.1. The first kappa shape index (κ1) is 20.7. The van der Waals surface area contributed by atoms with Gasteiger partial charge in [0.05, 0.1) is 18.3 Å². The second kappa shape index (κ2) is 8.31. The van der Waals surface area contributed by atoms with E-state index in [-0.39, 0.29) is 17.5 Å². The van der Waals surface area contributed by atoms with Gasteiger partial charge in [-0.25, -0.2) is 19.7 Å². The number of carbonyl (C=O) groups excluding carboxylic acids is 1. The minimum Gasteiger partial charge on any atom is -0.462 e. The lowest BCUT2D eigenvalue weighted by molar-refractivity contribution is 0.0527. The summed E-state index contributed by atoms with van der Waals surface area (Å²) in [6.45, 7) is 7.83. The maximum Gasteiger partial charge on any atom is 0.343 e. The van der Waals surface area contributed by atoms with Crippen LogP contribution in [0.15, 0.2) is 36.5 Å². The Morgan fingerprint density at radius 1 is 1.13 bits per heavy atom. The van der Waals surface area contributed by atoms with Gasteiger partial charge in [0.15, 0.2) is 11.6 Å². The molecule has 0 spiro atoms. The third kappa shape index (κ3) is 4.06. The van der Waals surface area contributed by atoms with Crippen LogP contribution in [0.3, 0.4) is 0 Å². The Labute approximate surface area is 184 Å². The van der Waals surface area contributed by atoms with Crippen LogP contribution < -0.4 is 5.32 Å². The number of carbonyl (C=O) groups is 1. The Balaban J connectivity index is 1.89. The second-order valence-electron chi connectivity index (χ2n) is 7.10. The maximum atomic E-state index is 12.6. The number of halogens is 1. The molecule has 3 heterocycles. The topological polar surface area (TPSA) is 94.8 Å². The van der Waals surface area contributed by atoms with E-state index in [1.54, 1.807) is 24.6 Å². The summed E-state index contributed by atoms with van der Waals surface area (Å²) in [7, 11) is 0. The van der Waals surface area contributed by atoms with Crippen LogP contribution in [0.2, 0.25) is 5.28 Å². The molecule has 8 nitrogen and oxygen atoms in total. The van der Waals surface area contributed by atoms with Crippen LogP contribution in [-0.2, 0) is 4.74 Å². The summed E-state index contributed by atoms with van der Waals surface area (Å²) in [5.74, 6) is 0.877. The summed E-state index contributed by atoms with van der Waals surface area (Å²) >= 11 is 6.01. The van der Waals surface area contributed by atoms with Crippen molar-refractivity contribution in [1.82, 2.24) is 24.7 Å². The van der Waals surface area contributed by atoms with Crippen LogP contribution in [0.1, 0.15) is 34.1 Å². The van der Waals surface area contributed by atoms with E-state index in [2.05, 4.69) is 20.4 Å². The zero-order valence-corrected chi connectivity index (χ0v) is 18.4. The number of fused-ring (bicyclic) bond motifs is 1. The highest BCUT2D eigenvalue weighted by Crippen LogP contribution is 2.28. The minimum atomic E-state index is -0.498. The zero-order chi connectivity index (χ0) is 22.1. The summed E-state index contributed by atoms with van der Waals surface area (Å²) in [5, 5.41) is 8.73. The number of para-hydroxylation sites is 1. The van der Waals surface area contributed by atoms with Gasteiger partial charge in [0, 0.05) is 17.1 Å². The first-order valence-electron chi connectivity index (χ1n) is 9.78. The van der Waals surface area contributed by atoms with Gasteiger partial charge in [0.1, 0.15) is 11.4 Å². The number of benzene rings is 1. The molecular formula is C22H21ClN6O2. The van der Waals surface area contributed by atoms with Gasteiger partial charge in [-0.15, -0.1) is 0 Å². The molecule has 1 N–H and O–H groups in total. The van der Waals surface area contributed by atoms with Crippen molar-refractivity contribution in [2.75, 3.05) is 11.9 Å². The molecule has 0 saturated heterocycles. The number of ether oxygens (including phenoxy) is 1. The number of aryl methyl sites for hydroxylation is 3. The van der Waals surface area contributed by atoms with Crippen LogP contribution in [0.5, 0.6) is 0 Å². The van der Waals surface area contributed by atoms with E-state index in [1.807, 2.05) is 38.1 Å². The SMILES string of the molecule is CCOC(=O)c1cnn(-c2cc(C)c3cccc(C)c3n2)c1Nc1cc(C)nc(Cl)n1. The standard InChI is InChI=1S/C22H21ClN6O2/c1-5-31-21(30)16-11-24-29(20(16)26-17-10-14(4)25-22(23)27-17)18-9-13(3)15-8-6-7-12(2)19(15)28-18/h6-11H,5H2,1-4H3,(H,25,26,27). The lowest BCUT2D eigenvalue weighted by Gasteiger charge is -2.13. The molecule has 0 aliphatic heterocycles. The Morgan fingerprint density at radius 2 is 1.94 bits per heavy atom. The van der Waals surface area contributed by atoms with E-state index in [1.165, 1.54) is 6.20 Å². The molecule has 0 amide bonds. The van der Waals surface area contributed by atoms with Gasteiger partial charge in [0.2, 0.25) is 5.28 Å². The fraction of sp³-hybridized carbons (Fsp3) is 0.227. The van der Waals surface area contributed by atoms with Gasteiger partial charge in [-0.1, -0.05) is 18.2 Å². The number of pyridine rings is 1. The highest BCUT2D eigenvalue weighted by atomic mass is 35.5. The fourth-order valence-electron chi connectivity index (χ4n) is 3.37. The third-order valence-corrected chi connectivity index (χ3v) is 4.96. The highest BCUT2D eigenvalue weighted by Gasteiger charge is 2.22. The Kier molecular flexibility index (Phi) is 5.56. The van der Waals surface area contributed by atoms with E-state index in [0.29, 0.717) is 23.1 Å². The molecule has 9 heteroatoms. The predicted octanol–water partition coefficient (Wildman–Crippen LogP) is 4.71. The molecule has 0 aliphatic rings. The van der Waals surface area contributed by atoms with Crippen LogP contribution in [0.4, 0.5) is 11.6 Å². The van der Waals surface area contributed by atoms with Crippen molar-refractivity contribution in [1.29, 1.82) is 0 Å². The fourth-order valence-corrected chi connectivity index (χ4v) is 3.59. The Bertz CT molecular complexity index is 1280. The van der Waals surface area contributed by atoms with E-state index in [4.69, 9.17) is 21.3 Å². The molecule has 0 radical (unpaired) electrons. The first-order chi connectivity index (χ1) is 14.9. The van der Waals surface area contributed by atoms with Gasteiger partial charge in [-0.3, -0.25) is 0 Å². The Morgan fingerprint density at radius 3 is 2.68 bits per heavy atom. The van der Waals surface area contributed by atoms with Gasteiger partial charge in [-0.2, -0.15) is 9.78 Å². The number of rotatable bonds is 5. The monoisotopic (exact) mass is 436 g/mol. The Hall–Kier alpha value is -3.52. The average molecular weight is 437 g/mol. The van der Waals surface area contributed by atoms with E-state index in [0.717, 1.165) is 22.0 Å². The summed E-state index contributed by atoms with van der Waals surface area (Å²) in [6.07, 6.45) is 1.45. The van der Waals surface area contributed by atoms with Crippen molar-refractivity contribution >= 4 is 40.1 Å². The number of hydrogen-bond donors (Lipinski definition) is 1. The smallest absolute Gasteiger partial charge is 0.343 e. The summed E-state index contributed by atoms with van der Waals surface area (Å²) in [4.78, 5) is 25.7. The number of nitrogens with one attached hydrogen (secondary N) is 1. The molecule has 0 atom stereocenters.